The van der Waals surface area contributed by atoms with Crippen molar-refractivity contribution in [2.45, 2.75) is 24.3 Å². The molecule has 0 aliphatic rings. The van der Waals surface area contributed by atoms with Gasteiger partial charge in [0.2, 0.25) is 0 Å². The summed E-state index contributed by atoms with van der Waals surface area (Å²) < 4.78 is 5.10. The molecule has 0 radical (unpaired) electrons. The first-order valence-electron chi connectivity index (χ1n) is 6.15. The lowest BCUT2D eigenvalue weighted by Crippen LogP contribution is -2.29. The molecule has 18 heavy (non-hydrogen) atoms. The summed E-state index contributed by atoms with van der Waals surface area (Å²) in [4.78, 5) is 1.34. The molecule has 0 spiro atoms. The van der Waals surface area contributed by atoms with Crippen LogP contribution in [-0.4, -0.2) is 18.8 Å². The third-order valence-corrected chi connectivity index (χ3v) is 4.07. The van der Waals surface area contributed by atoms with Crippen LogP contribution in [0.15, 0.2) is 52.2 Å². The summed E-state index contributed by atoms with van der Waals surface area (Å²) in [6, 6.07) is 11.1. The van der Waals surface area contributed by atoms with Crippen molar-refractivity contribution in [1.29, 1.82) is 0 Å². The lowest BCUT2D eigenvalue weighted by atomic mass is 10.1. The highest BCUT2D eigenvalue weighted by atomic mass is 32.2. The number of furan rings is 1. The molecule has 0 saturated carbocycles. The van der Waals surface area contributed by atoms with Gasteiger partial charge in [-0.3, -0.25) is 0 Å². The number of likely N-dealkylation sites (N-methyl/N-ethyl adjacent to an activating group) is 1. The first-order valence-corrected chi connectivity index (χ1v) is 7.14. The average Bonchev–Trinajstić information content (AvgIpc) is 2.87. The Labute approximate surface area is 113 Å². The van der Waals surface area contributed by atoms with Crippen molar-refractivity contribution in [2.75, 3.05) is 12.8 Å². The van der Waals surface area contributed by atoms with E-state index in [1.54, 1.807) is 6.26 Å². The largest absolute Gasteiger partial charge is 0.472 e. The van der Waals surface area contributed by atoms with Crippen LogP contribution in [0, 0.1) is 6.92 Å². The van der Waals surface area contributed by atoms with Crippen molar-refractivity contribution in [1.82, 2.24) is 5.32 Å². The standard InChI is InChI=1S/C15H19NOS/c1-12-4-3-5-15(8-12)18-11-14(16-2)9-13-6-7-17-10-13/h3-8,10,14,16H,9,11H2,1-2H3. The molecule has 0 bridgehead atoms. The molecule has 0 saturated heterocycles. The van der Waals surface area contributed by atoms with E-state index in [0.717, 1.165) is 12.2 Å². The topological polar surface area (TPSA) is 25.2 Å². The summed E-state index contributed by atoms with van der Waals surface area (Å²) in [6.45, 7) is 2.13. The van der Waals surface area contributed by atoms with Crippen LogP contribution >= 0.6 is 11.8 Å². The summed E-state index contributed by atoms with van der Waals surface area (Å²) in [7, 11) is 2.02. The van der Waals surface area contributed by atoms with Gasteiger partial charge in [-0.25, -0.2) is 0 Å². The summed E-state index contributed by atoms with van der Waals surface area (Å²) >= 11 is 1.90. The number of nitrogens with one attached hydrogen (secondary N) is 1. The molecule has 1 N–H and O–H groups in total. The van der Waals surface area contributed by atoms with Crippen LogP contribution in [0.5, 0.6) is 0 Å². The first-order chi connectivity index (χ1) is 8.78. The van der Waals surface area contributed by atoms with E-state index in [9.17, 15) is 0 Å². The number of rotatable bonds is 6. The van der Waals surface area contributed by atoms with Crippen molar-refractivity contribution in [3.63, 3.8) is 0 Å². The molecule has 0 aliphatic heterocycles. The molecule has 2 rings (SSSR count). The summed E-state index contributed by atoms with van der Waals surface area (Å²) in [5.74, 6) is 1.06. The van der Waals surface area contributed by atoms with E-state index >= 15 is 0 Å². The van der Waals surface area contributed by atoms with Gasteiger partial charge in [-0.15, -0.1) is 11.8 Å². The zero-order valence-corrected chi connectivity index (χ0v) is 11.7. The van der Waals surface area contributed by atoms with Crippen LogP contribution in [0.3, 0.4) is 0 Å². The maximum atomic E-state index is 5.10. The Morgan fingerprint density at radius 2 is 2.22 bits per heavy atom. The zero-order chi connectivity index (χ0) is 12.8. The minimum atomic E-state index is 0.466. The molecule has 1 aromatic heterocycles. The van der Waals surface area contributed by atoms with Gasteiger partial charge < -0.3 is 9.73 Å². The Morgan fingerprint density at radius 3 is 2.89 bits per heavy atom. The second-order valence-corrected chi connectivity index (χ2v) is 5.54. The molecule has 2 nitrogen and oxygen atoms in total. The van der Waals surface area contributed by atoms with Crippen molar-refractivity contribution in [3.8, 4) is 0 Å². The van der Waals surface area contributed by atoms with Gasteiger partial charge in [0.25, 0.3) is 0 Å². The Hall–Kier alpha value is -1.19. The lowest BCUT2D eigenvalue weighted by Gasteiger charge is -2.14. The highest BCUT2D eigenvalue weighted by Gasteiger charge is 2.08. The molecule has 96 valence electrons. The third kappa shape index (κ3) is 3.93. The van der Waals surface area contributed by atoms with E-state index in [-0.39, 0.29) is 0 Å². The maximum absolute atomic E-state index is 5.10. The van der Waals surface area contributed by atoms with Crippen LogP contribution in [0.1, 0.15) is 11.1 Å². The van der Waals surface area contributed by atoms with Crippen LogP contribution in [0.2, 0.25) is 0 Å². The van der Waals surface area contributed by atoms with Gasteiger partial charge in [0.05, 0.1) is 12.5 Å². The Morgan fingerprint density at radius 1 is 1.33 bits per heavy atom. The molecule has 1 aromatic carbocycles. The number of aryl methyl sites for hydroxylation is 1. The smallest absolute Gasteiger partial charge is 0.0935 e. The number of benzene rings is 1. The highest BCUT2D eigenvalue weighted by Crippen LogP contribution is 2.20. The Balaban J connectivity index is 1.87. The van der Waals surface area contributed by atoms with E-state index in [1.165, 1.54) is 16.0 Å². The van der Waals surface area contributed by atoms with Crippen molar-refractivity contribution in [2.24, 2.45) is 0 Å². The molecule has 0 amide bonds. The third-order valence-electron chi connectivity index (χ3n) is 2.91. The number of hydrogen-bond donors (Lipinski definition) is 1. The summed E-state index contributed by atoms with van der Waals surface area (Å²) in [6.07, 6.45) is 4.56. The van der Waals surface area contributed by atoms with Crippen LogP contribution in [0.4, 0.5) is 0 Å². The van der Waals surface area contributed by atoms with Gasteiger partial charge in [-0.05, 0) is 44.2 Å². The molecule has 0 aliphatic carbocycles. The number of thioether (sulfide) groups is 1. The fourth-order valence-electron chi connectivity index (χ4n) is 1.84. The van der Waals surface area contributed by atoms with Crippen molar-refractivity contribution < 1.29 is 4.42 Å². The van der Waals surface area contributed by atoms with E-state index in [1.807, 2.05) is 31.1 Å². The maximum Gasteiger partial charge on any atom is 0.0935 e. The Kier molecular flexibility index (Phi) is 4.90. The molecule has 1 heterocycles. The van der Waals surface area contributed by atoms with Gasteiger partial charge in [-0.2, -0.15) is 0 Å². The monoisotopic (exact) mass is 261 g/mol. The SMILES string of the molecule is CNC(CSc1cccc(C)c1)Cc1ccoc1. The van der Waals surface area contributed by atoms with Gasteiger partial charge in [-0.1, -0.05) is 17.7 Å². The van der Waals surface area contributed by atoms with E-state index in [0.29, 0.717) is 6.04 Å². The molecule has 1 unspecified atom stereocenters. The molecule has 1 atom stereocenters. The Bertz CT molecular complexity index is 467. The van der Waals surface area contributed by atoms with E-state index in [2.05, 4.69) is 36.5 Å². The quantitative estimate of drug-likeness (QED) is 0.806. The second kappa shape index (κ2) is 6.66. The fourth-order valence-corrected chi connectivity index (χ4v) is 2.96. The van der Waals surface area contributed by atoms with Crippen LogP contribution < -0.4 is 5.32 Å². The van der Waals surface area contributed by atoms with Gasteiger partial charge >= 0.3 is 0 Å². The normalized spacial score (nSPS) is 12.6. The minimum Gasteiger partial charge on any atom is -0.472 e. The molecule has 0 fully saturated rings. The summed E-state index contributed by atoms with van der Waals surface area (Å²) in [5, 5.41) is 3.36. The molecular weight excluding hydrogens is 242 g/mol. The number of hydrogen-bond acceptors (Lipinski definition) is 3. The molecular formula is C15H19NOS. The zero-order valence-electron chi connectivity index (χ0n) is 10.8. The van der Waals surface area contributed by atoms with Gasteiger partial charge in [0.15, 0.2) is 0 Å². The van der Waals surface area contributed by atoms with E-state index < -0.39 is 0 Å². The fraction of sp³-hybridized carbons (Fsp3) is 0.333. The molecule has 3 heteroatoms. The first kappa shape index (κ1) is 13.2. The van der Waals surface area contributed by atoms with Crippen molar-refractivity contribution >= 4 is 11.8 Å². The second-order valence-electron chi connectivity index (χ2n) is 4.45. The van der Waals surface area contributed by atoms with Crippen LogP contribution in [0.25, 0.3) is 0 Å². The van der Waals surface area contributed by atoms with Gasteiger partial charge in [0, 0.05) is 16.7 Å². The summed E-state index contributed by atoms with van der Waals surface area (Å²) in [5.41, 5.74) is 2.56. The predicted octanol–water partition coefficient (Wildman–Crippen LogP) is 3.51. The van der Waals surface area contributed by atoms with E-state index in [4.69, 9.17) is 4.42 Å². The molecule has 2 aromatic rings. The van der Waals surface area contributed by atoms with Gasteiger partial charge in [0.1, 0.15) is 0 Å². The van der Waals surface area contributed by atoms with Crippen LogP contribution in [-0.2, 0) is 6.42 Å². The highest BCUT2D eigenvalue weighted by molar-refractivity contribution is 7.99. The minimum absolute atomic E-state index is 0.466. The van der Waals surface area contributed by atoms with Crippen molar-refractivity contribution in [3.05, 3.63) is 54.0 Å². The predicted molar refractivity (Wildman–Crippen MR) is 77.2 cm³/mol. The average molecular weight is 261 g/mol. The lowest BCUT2D eigenvalue weighted by molar-refractivity contribution is 0.556.